The first-order chi connectivity index (χ1) is 16.0. The van der Waals surface area contributed by atoms with E-state index in [1.165, 1.54) is 6.42 Å². The third kappa shape index (κ3) is 5.88. The van der Waals surface area contributed by atoms with Gasteiger partial charge < -0.3 is 19.1 Å². The van der Waals surface area contributed by atoms with E-state index in [-0.39, 0.29) is 17.6 Å². The van der Waals surface area contributed by atoms with Crippen LogP contribution in [0.2, 0.25) is 5.02 Å². The van der Waals surface area contributed by atoms with E-state index in [9.17, 15) is 9.59 Å². The molecule has 7 nitrogen and oxygen atoms in total. The number of benzene rings is 1. The van der Waals surface area contributed by atoms with Crippen LogP contribution in [0.5, 0.6) is 5.75 Å². The molecule has 0 aliphatic carbocycles. The minimum absolute atomic E-state index is 0.145. The van der Waals surface area contributed by atoms with Crippen LogP contribution in [0.4, 0.5) is 0 Å². The van der Waals surface area contributed by atoms with Crippen molar-refractivity contribution in [2.75, 3.05) is 32.8 Å². The Morgan fingerprint density at radius 1 is 1.12 bits per heavy atom. The lowest BCUT2D eigenvalue weighted by atomic mass is 9.77. The number of ether oxygens (including phenoxy) is 1. The second-order valence-electron chi connectivity index (χ2n) is 9.23. The monoisotopic (exact) mass is 473 g/mol. The molecule has 2 fully saturated rings. The largest absolute Gasteiger partial charge is 0.493 e. The first-order valence-electron chi connectivity index (χ1n) is 11.9. The number of likely N-dealkylation sites (tertiary alicyclic amines) is 2. The lowest BCUT2D eigenvalue weighted by Crippen LogP contribution is -2.51. The van der Waals surface area contributed by atoms with Crippen molar-refractivity contribution in [3.63, 3.8) is 0 Å². The maximum absolute atomic E-state index is 13.2. The first-order valence-corrected chi connectivity index (χ1v) is 12.3. The zero-order chi connectivity index (χ0) is 23.3. The molecular weight excluding hydrogens is 442 g/mol. The summed E-state index contributed by atoms with van der Waals surface area (Å²) >= 11 is 6.12. The van der Waals surface area contributed by atoms with Crippen molar-refractivity contribution < 1.29 is 18.8 Å². The van der Waals surface area contributed by atoms with E-state index in [2.05, 4.69) is 5.16 Å². The van der Waals surface area contributed by atoms with E-state index >= 15 is 0 Å². The maximum atomic E-state index is 13.2. The SMILES string of the molecule is CCc1cc(C(=O)N2CCC[C@](COc3cccc(Cl)c3)(CC(=O)N3CCCCC3)C2)on1. The lowest BCUT2D eigenvalue weighted by Gasteiger charge is -2.43. The number of rotatable bonds is 7. The van der Waals surface area contributed by atoms with E-state index in [1.54, 1.807) is 23.1 Å². The summed E-state index contributed by atoms with van der Waals surface area (Å²) in [5.74, 6) is 0.880. The highest BCUT2D eigenvalue weighted by atomic mass is 35.5. The predicted octanol–water partition coefficient (Wildman–Crippen LogP) is 4.59. The standard InChI is InChI=1S/C25H32ClN3O4/c1-2-20-15-22(33-27-20)24(31)29-13-7-10-25(17-29,16-23(30)28-11-4-3-5-12-28)18-32-21-9-6-8-19(26)14-21/h6,8-9,14-15H,2-5,7,10-13,16-18H2,1H3/t25-/m0/s1. The topological polar surface area (TPSA) is 75.9 Å². The van der Waals surface area contributed by atoms with Gasteiger partial charge in [0.25, 0.3) is 5.91 Å². The Kier molecular flexibility index (Phi) is 7.58. The van der Waals surface area contributed by atoms with Gasteiger partial charge in [-0.05, 0) is 56.7 Å². The number of nitrogens with zero attached hydrogens (tertiary/aromatic N) is 3. The van der Waals surface area contributed by atoms with Crippen LogP contribution in [0.1, 0.15) is 61.7 Å². The predicted molar refractivity (Wildman–Crippen MR) is 125 cm³/mol. The highest BCUT2D eigenvalue weighted by Crippen LogP contribution is 2.36. The number of hydrogen-bond acceptors (Lipinski definition) is 5. The molecule has 2 aromatic rings. The van der Waals surface area contributed by atoms with Crippen LogP contribution in [-0.4, -0.2) is 59.6 Å². The van der Waals surface area contributed by atoms with Gasteiger partial charge in [-0.1, -0.05) is 29.7 Å². The summed E-state index contributed by atoms with van der Waals surface area (Å²) in [6.07, 6.45) is 5.94. The number of hydrogen-bond donors (Lipinski definition) is 0. The lowest BCUT2D eigenvalue weighted by molar-refractivity contribution is -0.136. The summed E-state index contributed by atoms with van der Waals surface area (Å²) in [6.45, 7) is 4.99. The van der Waals surface area contributed by atoms with Gasteiger partial charge in [-0.3, -0.25) is 9.59 Å². The molecule has 2 aliphatic heterocycles. The maximum Gasteiger partial charge on any atom is 0.292 e. The molecule has 0 N–H and O–H groups in total. The van der Waals surface area contributed by atoms with Crippen molar-refractivity contribution in [1.82, 2.24) is 15.0 Å². The minimum atomic E-state index is -0.474. The van der Waals surface area contributed by atoms with Crippen molar-refractivity contribution in [2.45, 2.75) is 51.9 Å². The average molecular weight is 474 g/mol. The summed E-state index contributed by atoms with van der Waals surface area (Å²) in [5.41, 5.74) is 0.282. The zero-order valence-corrected chi connectivity index (χ0v) is 20.0. The van der Waals surface area contributed by atoms with Crippen LogP contribution in [0.25, 0.3) is 0 Å². The number of carbonyl (C=O) groups excluding carboxylic acids is 2. The van der Waals surface area contributed by atoms with Crippen LogP contribution >= 0.6 is 11.6 Å². The van der Waals surface area contributed by atoms with E-state index in [1.807, 2.05) is 24.0 Å². The first kappa shape index (κ1) is 23.6. The Bertz CT molecular complexity index is 972. The molecule has 2 aliphatic rings. The molecule has 1 aromatic heterocycles. The molecule has 2 saturated heterocycles. The Balaban J connectivity index is 1.52. The normalized spacial score (nSPS) is 21.2. The van der Waals surface area contributed by atoms with Gasteiger partial charge in [0.05, 0.1) is 12.3 Å². The van der Waals surface area contributed by atoms with Crippen molar-refractivity contribution >= 4 is 23.4 Å². The summed E-state index contributed by atoms with van der Waals surface area (Å²) in [4.78, 5) is 30.2. The van der Waals surface area contributed by atoms with E-state index in [0.717, 1.165) is 44.5 Å². The summed E-state index contributed by atoms with van der Waals surface area (Å²) in [7, 11) is 0. The number of carbonyl (C=O) groups is 2. The van der Waals surface area contributed by atoms with Gasteiger partial charge in [-0.25, -0.2) is 0 Å². The number of halogens is 1. The number of piperidine rings is 2. The molecular formula is C25H32ClN3O4. The van der Waals surface area contributed by atoms with Gasteiger partial charge in [-0.2, -0.15) is 0 Å². The molecule has 1 aromatic carbocycles. The van der Waals surface area contributed by atoms with Gasteiger partial charge in [-0.15, -0.1) is 0 Å². The average Bonchev–Trinajstić information content (AvgIpc) is 3.32. The quantitative estimate of drug-likeness (QED) is 0.587. The Morgan fingerprint density at radius 2 is 1.91 bits per heavy atom. The second kappa shape index (κ2) is 10.6. The van der Waals surface area contributed by atoms with Crippen LogP contribution in [0.3, 0.4) is 0 Å². The van der Waals surface area contributed by atoms with Gasteiger partial charge >= 0.3 is 0 Å². The fourth-order valence-corrected chi connectivity index (χ4v) is 4.98. The third-order valence-corrected chi connectivity index (χ3v) is 6.89. The molecule has 0 radical (unpaired) electrons. The fourth-order valence-electron chi connectivity index (χ4n) is 4.80. The molecule has 4 rings (SSSR count). The number of aromatic nitrogens is 1. The van der Waals surface area contributed by atoms with Crippen molar-refractivity contribution in [3.05, 3.63) is 46.8 Å². The number of amides is 2. The summed E-state index contributed by atoms with van der Waals surface area (Å²) < 4.78 is 11.4. The molecule has 2 amide bonds. The van der Waals surface area contributed by atoms with Gasteiger partial charge in [0.15, 0.2) is 0 Å². The molecule has 0 bridgehead atoms. The second-order valence-corrected chi connectivity index (χ2v) is 9.67. The minimum Gasteiger partial charge on any atom is -0.493 e. The van der Waals surface area contributed by atoms with Gasteiger partial charge in [0, 0.05) is 49.1 Å². The van der Waals surface area contributed by atoms with E-state index in [0.29, 0.717) is 43.3 Å². The molecule has 0 spiro atoms. The molecule has 0 saturated carbocycles. The zero-order valence-electron chi connectivity index (χ0n) is 19.2. The third-order valence-electron chi connectivity index (χ3n) is 6.66. The molecule has 33 heavy (non-hydrogen) atoms. The van der Waals surface area contributed by atoms with E-state index in [4.69, 9.17) is 20.9 Å². The molecule has 1 atom stereocenters. The fraction of sp³-hybridized carbons (Fsp3) is 0.560. The van der Waals surface area contributed by atoms with Gasteiger partial charge in [0.1, 0.15) is 5.75 Å². The molecule has 0 unspecified atom stereocenters. The highest BCUT2D eigenvalue weighted by Gasteiger charge is 2.41. The van der Waals surface area contributed by atoms with E-state index < -0.39 is 5.41 Å². The van der Waals surface area contributed by atoms with Crippen LogP contribution in [0.15, 0.2) is 34.9 Å². The Morgan fingerprint density at radius 3 is 2.64 bits per heavy atom. The van der Waals surface area contributed by atoms with Crippen LogP contribution < -0.4 is 4.74 Å². The molecule has 3 heterocycles. The van der Waals surface area contributed by atoms with Crippen LogP contribution in [-0.2, 0) is 11.2 Å². The Labute approximate surface area is 200 Å². The molecule has 178 valence electrons. The summed E-state index contributed by atoms with van der Waals surface area (Å²) in [5, 5.41) is 4.56. The van der Waals surface area contributed by atoms with Crippen molar-refractivity contribution in [1.29, 1.82) is 0 Å². The van der Waals surface area contributed by atoms with Crippen molar-refractivity contribution in [2.24, 2.45) is 5.41 Å². The van der Waals surface area contributed by atoms with Gasteiger partial charge in [0.2, 0.25) is 11.7 Å². The van der Waals surface area contributed by atoms with Crippen molar-refractivity contribution in [3.8, 4) is 5.75 Å². The van der Waals surface area contributed by atoms with Crippen LogP contribution in [0, 0.1) is 5.41 Å². The Hall–Kier alpha value is -2.54. The molecule has 8 heteroatoms. The summed E-state index contributed by atoms with van der Waals surface area (Å²) in [6, 6.07) is 8.98. The number of aryl methyl sites for hydroxylation is 1. The smallest absolute Gasteiger partial charge is 0.292 e. The highest BCUT2D eigenvalue weighted by molar-refractivity contribution is 6.30.